The van der Waals surface area contributed by atoms with Crippen molar-refractivity contribution in [3.63, 3.8) is 0 Å². The van der Waals surface area contributed by atoms with E-state index in [0.717, 1.165) is 37.7 Å². The molecule has 1 saturated heterocycles. The number of carbonyl (C=O) groups is 4. The Kier molecular flexibility index (Phi) is 12.0. The van der Waals surface area contributed by atoms with Crippen LogP contribution in [-0.4, -0.2) is 52.8 Å². The van der Waals surface area contributed by atoms with Gasteiger partial charge in [-0.25, -0.2) is 0 Å². The van der Waals surface area contributed by atoms with Gasteiger partial charge in [0.25, 0.3) is 0 Å². The molecule has 1 heterocycles. The third kappa shape index (κ3) is 9.64. The summed E-state index contributed by atoms with van der Waals surface area (Å²) in [6, 6.07) is 8.13. The number of hydrogen-bond acceptors (Lipinski definition) is 5. The lowest BCUT2D eigenvalue weighted by atomic mass is 9.84. The molecule has 0 spiro atoms. The van der Waals surface area contributed by atoms with Crippen LogP contribution in [0.25, 0.3) is 0 Å². The van der Waals surface area contributed by atoms with Gasteiger partial charge in [0.05, 0.1) is 12.5 Å². The van der Waals surface area contributed by atoms with Gasteiger partial charge in [0, 0.05) is 12.5 Å². The molecule has 0 aromatic heterocycles. The second-order valence-electron chi connectivity index (χ2n) is 11.0. The van der Waals surface area contributed by atoms with E-state index in [-0.39, 0.29) is 35.3 Å². The minimum Gasteiger partial charge on any atom is -0.369 e. The van der Waals surface area contributed by atoms with Crippen LogP contribution in [-0.2, 0) is 25.6 Å². The molecule has 3 rings (SSSR count). The third-order valence-corrected chi connectivity index (χ3v) is 8.88. The quantitative estimate of drug-likeness (QED) is 0.303. The highest BCUT2D eigenvalue weighted by molar-refractivity contribution is 8.01. The molecule has 2 fully saturated rings. The molecule has 1 aromatic carbocycles. The van der Waals surface area contributed by atoms with Crippen molar-refractivity contribution in [2.24, 2.45) is 17.6 Å². The Morgan fingerprint density at radius 3 is 2.34 bits per heavy atom. The van der Waals surface area contributed by atoms with Crippen molar-refractivity contribution in [1.82, 2.24) is 16.0 Å². The molecular weight excluding hydrogens is 500 g/mol. The highest BCUT2D eigenvalue weighted by atomic mass is 32.2. The van der Waals surface area contributed by atoms with E-state index in [9.17, 15) is 19.2 Å². The topological polar surface area (TPSA) is 130 Å². The van der Waals surface area contributed by atoms with Gasteiger partial charge in [-0.1, -0.05) is 76.3 Å². The van der Waals surface area contributed by atoms with Crippen molar-refractivity contribution >= 4 is 35.4 Å². The largest absolute Gasteiger partial charge is 0.369 e. The summed E-state index contributed by atoms with van der Waals surface area (Å²) in [6.07, 6.45) is 8.18. The maximum absolute atomic E-state index is 13.8. The maximum atomic E-state index is 13.8. The van der Waals surface area contributed by atoms with Gasteiger partial charge < -0.3 is 21.7 Å². The minimum absolute atomic E-state index is 0.0526. The Bertz CT molecular complexity index is 936. The smallest absolute Gasteiger partial charge is 0.242 e. The molecule has 210 valence electrons. The van der Waals surface area contributed by atoms with Gasteiger partial charge >= 0.3 is 0 Å². The van der Waals surface area contributed by atoms with E-state index in [4.69, 9.17) is 5.73 Å². The Morgan fingerprint density at radius 1 is 1.00 bits per heavy atom. The van der Waals surface area contributed by atoms with Crippen molar-refractivity contribution in [2.45, 2.75) is 101 Å². The number of nitrogens with one attached hydrogen (secondary N) is 3. The SMILES string of the molecule is CC(C)SC(C(N)=O)[C@H](C[C@H]1CCCNC1=O)NC(=O)[C@H](CC1CCCCC1)NC(=O)Cc1ccccc1. The van der Waals surface area contributed by atoms with Gasteiger partial charge in [-0.2, -0.15) is 0 Å². The molecule has 1 aliphatic carbocycles. The fraction of sp³-hybridized carbons (Fsp3) is 0.655. The standard InChI is InChI=1S/C29H44N4O4S/c1-19(2)38-26(27(30)35)23(18-22-14-9-15-31-28(22)36)33-29(37)24(16-20-10-5-3-6-11-20)32-25(34)17-21-12-7-4-8-13-21/h4,7-8,12-13,19-20,22-24,26H,3,5-6,9-11,14-18H2,1-2H3,(H2,30,35)(H,31,36)(H,32,34)(H,33,37)/t22-,23+,24+,26?/m1/s1. The molecule has 5 N–H and O–H groups in total. The molecule has 1 unspecified atom stereocenters. The van der Waals surface area contributed by atoms with Crippen LogP contribution in [0.3, 0.4) is 0 Å². The number of benzene rings is 1. The predicted octanol–water partition coefficient (Wildman–Crippen LogP) is 3.08. The van der Waals surface area contributed by atoms with Crippen LogP contribution < -0.4 is 21.7 Å². The Hall–Kier alpha value is -2.55. The van der Waals surface area contributed by atoms with Crippen molar-refractivity contribution in [2.75, 3.05) is 6.54 Å². The van der Waals surface area contributed by atoms with Crippen LogP contribution in [0.4, 0.5) is 0 Å². The summed E-state index contributed by atoms with van der Waals surface area (Å²) in [5.41, 5.74) is 6.69. The van der Waals surface area contributed by atoms with Gasteiger partial charge in [-0.05, 0) is 42.4 Å². The number of piperidine rings is 1. The zero-order valence-electron chi connectivity index (χ0n) is 22.7. The first-order chi connectivity index (χ1) is 18.2. The number of hydrogen-bond donors (Lipinski definition) is 4. The first kappa shape index (κ1) is 30.0. The zero-order chi connectivity index (χ0) is 27.5. The minimum atomic E-state index is -0.713. The Labute approximate surface area is 231 Å². The summed E-state index contributed by atoms with van der Waals surface area (Å²) in [5.74, 6) is -1.03. The fourth-order valence-corrected chi connectivity index (χ4v) is 6.67. The van der Waals surface area contributed by atoms with Crippen molar-refractivity contribution in [1.29, 1.82) is 0 Å². The van der Waals surface area contributed by atoms with Gasteiger partial charge in [0.2, 0.25) is 23.6 Å². The average molecular weight is 545 g/mol. The van der Waals surface area contributed by atoms with Gasteiger partial charge in [0.1, 0.15) is 11.3 Å². The number of rotatable bonds is 13. The Morgan fingerprint density at radius 2 is 1.71 bits per heavy atom. The van der Waals surface area contributed by atoms with Crippen LogP contribution in [0.2, 0.25) is 0 Å². The van der Waals surface area contributed by atoms with Crippen molar-refractivity contribution < 1.29 is 19.2 Å². The molecule has 8 nitrogen and oxygen atoms in total. The van der Waals surface area contributed by atoms with Gasteiger partial charge in [-0.15, -0.1) is 11.8 Å². The molecule has 1 aromatic rings. The lowest BCUT2D eigenvalue weighted by molar-refractivity contribution is -0.131. The first-order valence-corrected chi connectivity index (χ1v) is 15.0. The van der Waals surface area contributed by atoms with Crippen LogP contribution in [0.1, 0.15) is 77.2 Å². The van der Waals surface area contributed by atoms with E-state index in [1.807, 2.05) is 44.2 Å². The normalized spacial score (nSPS) is 20.7. The number of carbonyl (C=O) groups excluding carboxylic acids is 4. The summed E-state index contributed by atoms with van der Waals surface area (Å²) >= 11 is 1.40. The van der Waals surface area contributed by atoms with Gasteiger partial charge in [-0.3, -0.25) is 19.2 Å². The number of amides is 4. The molecule has 2 aliphatic rings. The van der Waals surface area contributed by atoms with E-state index < -0.39 is 23.2 Å². The van der Waals surface area contributed by atoms with E-state index in [1.54, 1.807) is 0 Å². The van der Waals surface area contributed by atoms with Crippen LogP contribution in [0, 0.1) is 11.8 Å². The third-order valence-electron chi connectivity index (χ3n) is 7.48. The molecule has 1 saturated carbocycles. The summed E-state index contributed by atoms with van der Waals surface area (Å²) in [5, 5.41) is 8.39. The lowest BCUT2D eigenvalue weighted by Crippen LogP contribution is -2.56. The molecule has 0 radical (unpaired) electrons. The first-order valence-electron chi connectivity index (χ1n) is 14.1. The number of nitrogens with two attached hydrogens (primary N) is 1. The predicted molar refractivity (Wildman–Crippen MR) is 151 cm³/mol. The number of thioether (sulfide) groups is 1. The summed E-state index contributed by atoms with van der Waals surface area (Å²) in [6.45, 7) is 4.59. The van der Waals surface area contributed by atoms with E-state index in [0.29, 0.717) is 31.7 Å². The highest BCUT2D eigenvalue weighted by Gasteiger charge is 2.36. The van der Waals surface area contributed by atoms with Crippen molar-refractivity contribution in [3.8, 4) is 0 Å². The molecule has 0 bridgehead atoms. The molecule has 9 heteroatoms. The van der Waals surface area contributed by atoms with Gasteiger partial charge in [0.15, 0.2) is 0 Å². The Balaban J connectivity index is 1.78. The number of primary amides is 1. The molecule has 38 heavy (non-hydrogen) atoms. The summed E-state index contributed by atoms with van der Waals surface area (Å²) < 4.78 is 0. The molecule has 1 aliphatic heterocycles. The van der Waals surface area contributed by atoms with Crippen molar-refractivity contribution in [3.05, 3.63) is 35.9 Å². The second-order valence-corrected chi connectivity index (χ2v) is 12.7. The monoisotopic (exact) mass is 544 g/mol. The highest BCUT2D eigenvalue weighted by Crippen LogP contribution is 2.29. The zero-order valence-corrected chi connectivity index (χ0v) is 23.6. The van der Waals surface area contributed by atoms with E-state index >= 15 is 0 Å². The van der Waals surface area contributed by atoms with Crippen LogP contribution in [0.5, 0.6) is 0 Å². The van der Waals surface area contributed by atoms with E-state index in [1.165, 1.54) is 18.2 Å². The average Bonchev–Trinajstić information content (AvgIpc) is 2.88. The van der Waals surface area contributed by atoms with Crippen LogP contribution in [0.15, 0.2) is 30.3 Å². The van der Waals surface area contributed by atoms with E-state index in [2.05, 4.69) is 16.0 Å². The summed E-state index contributed by atoms with van der Waals surface area (Å²) in [4.78, 5) is 51.8. The maximum Gasteiger partial charge on any atom is 0.242 e. The van der Waals surface area contributed by atoms with Crippen LogP contribution >= 0.6 is 11.8 Å². The fourth-order valence-electron chi connectivity index (χ4n) is 5.58. The molecular formula is C29H44N4O4S. The molecule has 4 atom stereocenters. The lowest BCUT2D eigenvalue weighted by Gasteiger charge is -2.33. The molecule has 4 amide bonds. The summed E-state index contributed by atoms with van der Waals surface area (Å²) in [7, 11) is 0. The second kappa shape index (κ2) is 15.1.